The molecule has 6 nitrogen and oxygen atoms in total. The van der Waals surface area contributed by atoms with Crippen LogP contribution < -0.4 is 21.0 Å². The van der Waals surface area contributed by atoms with Crippen molar-refractivity contribution in [1.82, 2.24) is 16.3 Å². The molecule has 26 heavy (non-hydrogen) atoms. The van der Waals surface area contributed by atoms with Crippen LogP contribution in [0.25, 0.3) is 0 Å². The van der Waals surface area contributed by atoms with Crippen molar-refractivity contribution in [2.75, 3.05) is 7.11 Å². The van der Waals surface area contributed by atoms with Crippen LogP contribution in [0.4, 0.5) is 0 Å². The number of carbonyl (C=O) groups is 1. The highest BCUT2D eigenvalue weighted by molar-refractivity contribution is 6.30. The number of carbonyl (C=O) groups excluding carboxylic acids is 1. The van der Waals surface area contributed by atoms with Crippen molar-refractivity contribution in [1.29, 1.82) is 0 Å². The first kappa shape index (κ1) is 18.4. The number of benzene rings is 2. The molecule has 0 radical (unpaired) electrons. The number of nitrogens with one attached hydrogen (secondary N) is 3. The van der Waals surface area contributed by atoms with E-state index >= 15 is 0 Å². The summed E-state index contributed by atoms with van der Waals surface area (Å²) in [6.07, 6.45) is 0.633. The maximum Gasteiger partial charge on any atom is 0.258 e. The van der Waals surface area contributed by atoms with Gasteiger partial charge in [-0.2, -0.15) is 5.10 Å². The highest BCUT2D eigenvalue weighted by Crippen LogP contribution is 2.24. The highest BCUT2D eigenvalue weighted by Gasteiger charge is 2.30. The van der Waals surface area contributed by atoms with E-state index in [2.05, 4.69) is 21.4 Å². The molecule has 1 heterocycles. The Morgan fingerprint density at radius 1 is 1.15 bits per heavy atom. The number of hydrogen-bond acceptors (Lipinski definition) is 5. The summed E-state index contributed by atoms with van der Waals surface area (Å²) in [6.45, 7) is 1.84. The summed E-state index contributed by atoms with van der Waals surface area (Å²) in [5.41, 5.74) is 11.5. The molecule has 0 saturated carbocycles. The lowest BCUT2D eigenvalue weighted by atomic mass is 10.0. The molecule has 1 amide bonds. The Bertz CT molecular complexity index is 790. The molecule has 0 aromatic heterocycles. The average molecular weight is 373 g/mol. The van der Waals surface area contributed by atoms with Gasteiger partial charge in [0.15, 0.2) is 0 Å². The van der Waals surface area contributed by atoms with Gasteiger partial charge >= 0.3 is 0 Å². The van der Waals surface area contributed by atoms with Crippen molar-refractivity contribution in [3.63, 3.8) is 0 Å². The number of halogens is 1. The normalized spacial score (nSPS) is 20.0. The van der Waals surface area contributed by atoms with Crippen LogP contribution >= 0.6 is 11.6 Å². The van der Waals surface area contributed by atoms with Gasteiger partial charge in [-0.05, 0) is 48.7 Å². The molecule has 7 heteroatoms. The summed E-state index contributed by atoms with van der Waals surface area (Å²) in [6, 6.07) is 14.8. The number of nitrogens with zero attached hydrogens (tertiary/aromatic N) is 1. The average Bonchev–Trinajstić information content (AvgIpc) is 3.17. The molecule has 136 valence electrons. The molecular formula is C19H21ClN4O2. The van der Waals surface area contributed by atoms with Crippen molar-refractivity contribution in [3.05, 3.63) is 64.7 Å². The summed E-state index contributed by atoms with van der Waals surface area (Å²) in [5, 5.41) is 4.84. The minimum atomic E-state index is -0.358. The summed E-state index contributed by atoms with van der Waals surface area (Å²) >= 11 is 5.88. The molecule has 2 aromatic rings. The number of hydrogen-bond donors (Lipinski definition) is 3. The largest absolute Gasteiger partial charge is 0.497 e. The van der Waals surface area contributed by atoms with Crippen molar-refractivity contribution < 1.29 is 9.53 Å². The Morgan fingerprint density at radius 3 is 2.50 bits per heavy atom. The molecule has 1 aliphatic heterocycles. The second-order valence-corrected chi connectivity index (χ2v) is 6.52. The van der Waals surface area contributed by atoms with Gasteiger partial charge in [0.1, 0.15) is 11.8 Å². The molecule has 2 atom stereocenters. The van der Waals surface area contributed by atoms with E-state index in [-0.39, 0.29) is 18.0 Å². The fraction of sp³-hybridized carbons (Fsp3) is 0.263. The quantitative estimate of drug-likeness (QED) is 0.557. The highest BCUT2D eigenvalue weighted by atomic mass is 35.5. The van der Waals surface area contributed by atoms with Crippen molar-refractivity contribution in [2.45, 2.75) is 25.4 Å². The van der Waals surface area contributed by atoms with E-state index in [9.17, 15) is 4.79 Å². The zero-order valence-corrected chi connectivity index (χ0v) is 15.4. The molecule has 3 N–H and O–H groups in total. The van der Waals surface area contributed by atoms with E-state index in [0.29, 0.717) is 17.2 Å². The van der Waals surface area contributed by atoms with Crippen LogP contribution in [0.15, 0.2) is 53.6 Å². The number of hydrazine groups is 1. The van der Waals surface area contributed by atoms with Gasteiger partial charge in [0.2, 0.25) is 0 Å². The SMILES string of the molecule is COc1ccc(C2CC(C(=O)N/N=C(/C)c3ccc(Cl)cc3)NN2)cc1. The third-order valence-electron chi connectivity index (χ3n) is 4.33. The predicted octanol–water partition coefficient (Wildman–Crippen LogP) is 2.80. The zero-order valence-electron chi connectivity index (χ0n) is 14.6. The van der Waals surface area contributed by atoms with Crippen molar-refractivity contribution in [2.24, 2.45) is 5.10 Å². The summed E-state index contributed by atoms with van der Waals surface area (Å²) in [7, 11) is 1.64. The van der Waals surface area contributed by atoms with Crippen molar-refractivity contribution in [3.8, 4) is 5.75 Å². The smallest absolute Gasteiger partial charge is 0.258 e. The Kier molecular flexibility index (Phi) is 5.88. The summed E-state index contributed by atoms with van der Waals surface area (Å²) < 4.78 is 5.17. The molecule has 0 spiro atoms. The molecule has 1 aliphatic rings. The van der Waals surface area contributed by atoms with Gasteiger partial charge in [0.25, 0.3) is 5.91 Å². The Morgan fingerprint density at radius 2 is 1.85 bits per heavy atom. The molecule has 2 aromatic carbocycles. The van der Waals surface area contributed by atoms with Gasteiger partial charge in [-0.3, -0.25) is 4.79 Å². The van der Waals surface area contributed by atoms with Gasteiger partial charge in [0, 0.05) is 11.1 Å². The van der Waals surface area contributed by atoms with Crippen LogP contribution in [-0.2, 0) is 4.79 Å². The fourth-order valence-corrected chi connectivity index (χ4v) is 2.88. The van der Waals surface area contributed by atoms with E-state index in [0.717, 1.165) is 16.9 Å². The molecule has 0 bridgehead atoms. The van der Waals surface area contributed by atoms with Crippen LogP contribution in [0.2, 0.25) is 5.02 Å². The standard InChI is InChI=1S/C19H21ClN4O2/c1-12(13-3-7-15(20)8-4-13)21-24-19(25)18-11-17(22-23-18)14-5-9-16(26-2)10-6-14/h3-10,17-18,22-23H,11H2,1-2H3,(H,24,25)/b21-12-. The van der Waals surface area contributed by atoms with Crippen LogP contribution in [-0.4, -0.2) is 24.8 Å². The minimum Gasteiger partial charge on any atom is -0.497 e. The Balaban J connectivity index is 1.57. The van der Waals surface area contributed by atoms with Gasteiger partial charge < -0.3 is 4.74 Å². The molecule has 3 rings (SSSR count). The number of amides is 1. The van der Waals surface area contributed by atoms with Crippen LogP contribution in [0.3, 0.4) is 0 Å². The number of rotatable bonds is 5. The van der Waals surface area contributed by atoms with E-state index in [1.165, 1.54) is 0 Å². The summed E-state index contributed by atoms with van der Waals surface area (Å²) in [4.78, 5) is 12.4. The Hall–Kier alpha value is -2.41. The predicted molar refractivity (Wildman–Crippen MR) is 102 cm³/mol. The van der Waals surface area contributed by atoms with E-state index < -0.39 is 0 Å². The van der Waals surface area contributed by atoms with Gasteiger partial charge in [0.05, 0.1) is 12.8 Å². The van der Waals surface area contributed by atoms with Gasteiger partial charge in [-0.1, -0.05) is 35.9 Å². The second kappa shape index (κ2) is 8.31. The zero-order chi connectivity index (χ0) is 18.5. The number of ether oxygens (including phenoxy) is 1. The van der Waals surface area contributed by atoms with E-state index in [1.54, 1.807) is 19.2 Å². The second-order valence-electron chi connectivity index (χ2n) is 6.08. The van der Waals surface area contributed by atoms with Crippen molar-refractivity contribution >= 4 is 23.2 Å². The van der Waals surface area contributed by atoms with Gasteiger partial charge in [-0.25, -0.2) is 16.3 Å². The molecular weight excluding hydrogens is 352 g/mol. The van der Waals surface area contributed by atoms with Crippen LogP contribution in [0.1, 0.15) is 30.5 Å². The third kappa shape index (κ3) is 4.40. The molecule has 1 fully saturated rings. The molecule has 2 unspecified atom stereocenters. The first-order valence-electron chi connectivity index (χ1n) is 8.32. The minimum absolute atomic E-state index is 0.0537. The third-order valence-corrected chi connectivity index (χ3v) is 4.59. The number of hydrazone groups is 1. The first-order chi connectivity index (χ1) is 12.6. The lowest BCUT2D eigenvalue weighted by Crippen LogP contribution is -2.41. The van der Waals surface area contributed by atoms with E-state index in [1.807, 2.05) is 43.3 Å². The fourth-order valence-electron chi connectivity index (χ4n) is 2.76. The summed E-state index contributed by atoms with van der Waals surface area (Å²) in [5.74, 6) is 0.628. The lowest BCUT2D eigenvalue weighted by Gasteiger charge is -2.10. The van der Waals surface area contributed by atoms with Crippen LogP contribution in [0, 0.1) is 0 Å². The first-order valence-corrected chi connectivity index (χ1v) is 8.69. The number of methoxy groups -OCH3 is 1. The van der Waals surface area contributed by atoms with Crippen LogP contribution in [0.5, 0.6) is 5.75 Å². The maximum absolute atomic E-state index is 12.4. The molecule has 1 saturated heterocycles. The molecule has 0 aliphatic carbocycles. The maximum atomic E-state index is 12.4. The Labute approximate surface area is 157 Å². The van der Waals surface area contributed by atoms with Gasteiger partial charge in [-0.15, -0.1) is 0 Å². The lowest BCUT2D eigenvalue weighted by molar-refractivity contribution is -0.122. The topological polar surface area (TPSA) is 74.8 Å². The monoisotopic (exact) mass is 372 g/mol. The van der Waals surface area contributed by atoms with E-state index in [4.69, 9.17) is 16.3 Å².